The standard InChI is InChI=1S/C24H28N4O/c1-4-28(5-2)21-11-12-22(18(3)15-21)27-23-16-20(13-14-25-23)24(29)26-17-19-9-7-6-8-10-19/h6-16H,4-5,17H2,1-3H3,(H,25,27)(H,26,29). The fourth-order valence-electron chi connectivity index (χ4n) is 3.23. The molecule has 5 heteroatoms. The summed E-state index contributed by atoms with van der Waals surface area (Å²) in [7, 11) is 0. The summed E-state index contributed by atoms with van der Waals surface area (Å²) < 4.78 is 0. The number of nitrogens with zero attached hydrogens (tertiary/aromatic N) is 2. The van der Waals surface area contributed by atoms with Crippen LogP contribution in [0.4, 0.5) is 17.2 Å². The van der Waals surface area contributed by atoms with Crippen LogP contribution in [0.2, 0.25) is 0 Å². The van der Waals surface area contributed by atoms with Crippen LogP contribution in [0.1, 0.15) is 35.3 Å². The van der Waals surface area contributed by atoms with Gasteiger partial charge in [-0.05, 0) is 62.2 Å². The molecule has 3 aromatic rings. The van der Waals surface area contributed by atoms with Crippen molar-refractivity contribution in [2.75, 3.05) is 23.3 Å². The first-order valence-electron chi connectivity index (χ1n) is 10.0. The summed E-state index contributed by atoms with van der Waals surface area (Å²) in [6.07, 6.45) is 1.65. The number of carbonyl (C=O) groups excluding carboxylic acids is 1. The highest BCUT2D eigenvalue weighted by Crippen LogP contribution is 2.25. The second-order valence-corrected chi connectivity index (χ2v) is 6.89. The third-order valence-corrected chi connectivity index (χ3v) is 4.92. The van der Waals surface area contributed by atoms with E-state index in [1.54, 1.807) is 18.3 Å². The Morgan fingerprint density at radius 3 is 2.45 bits per heavy atom. The van der Waals surface area contributed by atoms with Crippen molar-refractivity contribution in [1.29, 1.82) is 0 Å². The van der Waals surface area contributed by atoms with Gasteiger partial charge in [0.15, 0.2) is 0 Å². The van der Waals surface area contributed by atoms with Gasteiger partial charge >= 0.3 is 0 Å². The molecule has 0 saturated carbocycles. The first kappa shape index (κ1) is 20.4. The molecule has 0 atom stereocenters. The molecule has 3 rings (SSSR count). The van der Waals surface area contributed by atoms with Gasteiger partial charge in [0.1, 0.15) is 5.82 Å². The van der Waals surface area contributed by atoms with E-state index in [1.165, 1.54) is 5.69 Å². The number of aryl methyl sites for hydroxylation is 1. The normalized spacial score (nSPS) is 10.4. The predicted molar refractivity (Wildman–Crippen MR) is 120 cm³/mol. The number of amides is 1. The van der Waals surface area contributed by atoms with Crippen molar-refractivity contribution in [2.45, 2.75) is 27.3 Å². The zero-order valence-electron chi connectivity index (χ0n) is 17.3. The Morgan fingerprint density at radius 1 is 1.00 bits per heavy atom. The molecule has 0 aliphatic heterocycles. The van der Waals surface area contributed by atoms with Crippen molar-refractivity contribution in [3.8, 4) is 0 Å². The molecule has 2 aromatic carbocycles. The van der Waals surface area contributed by atoms with Crippen LogP contribution in [0.25, 0.3) is 0 Å². The maximum Gasteiger partial charge on any atom is 0.251 e. The molecule has 150 valence electrons. The van der Waals surface area contributed by atoms with Gasteiger partial charge in [-0.15, -0.1) is 0 Å². The molecule has 1 aromatic heterocycles. The largest absolute Gasteiger partial charge is 0.372 e. The third-order valence-electron chi connectivity index (χ3n) is 4.92. The van der Waals surface area contributed by atoms with Crippen molar-refractivity contribution in [2.24, 2.45) is 0 Å². The van der Waals surface area contributed by atoms with Crippen molar-refractivity contribution in [3.05, 3.63) is 83.6 Å². The molecule has 0 saturated heterocycles. The topological polar surface area (TPSA) is 57.3 Å². The Balaban J connectivity index is 1.68. The second-order valence-electron chi connectivity index (χ2n) is 6.89. The lowest BCUT2D eigenvalue weighted by atomic mass is 10.1. The van der Waals surface area contributed by atoms with E-state index in [4.69, 9.17) is 0 Å². The number of aromatic nitrogens is 1. The maximum absolute atomic E-state index is 12.5. The van der Waals surface area contributed by atoms with Crippen LogP contribution in [0, 0.1) is 6.92 Å². The van der Waals surface area contributed by atoms with Gasteiger partial charge in [0, 0.05) is 42.8 Å². The number of carbonyl (C=O) groups is 1. The summed E-state index contributed by atoms with van der Waals surface area (Å²) in [6, 6.07) is 19.7. The number of pyridine rings is 1. The fraction of sp³-hybridized carbons (Fsp3) is 0.250. The summed E-state index contributed by atoms with van der Waals surface area (Å²) >= 11 is 0. The smallest absolute Gasteiger partial charge is 0.251 e. The monoisotopic (exact) mass is 388 g/mol. The molecule has 0 radical (unpaired) electrons. The van der Waals surface area contributed by atoms with Gasteiger partial charge < -0.3 is 15.5 Å². The SMILES string of the molecule is CCN(CC)c1ccc(Nc2cc(C(=O)NCc3ccccc3)ccn2)c(C)c1. The molecule has 0 aliphatic carbocycles. The quantitative estimate of drug-likeness (QED) is 0.576. The summed E-state index contributed by atoms with van der Waals surface area (Å²) in [6.45, 7) is 8.84. The lowest BCUT2D eigenvalue weighted by Crippen LogP contribution is -2.22. The summed E-state index contributed by atoms with van der Waals surface area (Å²) in [4.78, 5) is 19.2. The lowest BCUT2D eigenvalue weighted by molar-refractivity contribution is 0.0951. The van der Waals surface area contributed by atoms with Gasteiger partial charge in [0.25, 0.3) is 5.91 Å². The van der Waals surface area contributed by atoms with Gasteiger partial charge in [-0.25, -0.2) is 4.98 Å². The number of nitrogens with one attached hydrogen (secondary N) is 2. The zero-order chi connectivity index (χ0) is 20.6. The first-order chi connectivity index (χ1) is 14.1. The molecular formula is C24H28N4O. The van der Waals surface area contributed by atoms with E-state index >= 15 is 0 Å². The maximum atomic E-state index is 12.5. The fourth-order valence-corrected chi connectivity index (χ4v) is 3.23. The molecular weight excluding hydrogens is 360 g/mol. The molecule has 2 N–H and O–H groups in total. The molecule has 5 nitrogen and oxygen atoms in total. The third kappa shape index (κ3) is 5.35. The van der Waals surface area contributed by atoms with Crippen molar-refractivity contribution < 1.29 is 4.79 Å². The number of anilines is 3. The molecule has 0 bridgehead atoms. The summed E-state index contributed by atoms with van der Waals surface area (Å²) in [5.74, 6) is 0.531. The van der Waals surface area contributed by atoms with Gasteiger partial charge in [-0.1, -0.05) is 30.3 Å². The highest BCUT2D eigenvalue weighted by Gasteiger charge is 2.09. The zero-order valence-corrected chi connectivity index (χ0v) is 17.3. The van der Waals surface area contributed by atoms with E-state index in [0.29, 0.717) is 17.9 Å². The number of rotatable bonds is 8. The van der Waals surface area contributed by atoms with Gasteiger partial charge in [-0.3, -0.25) is 4.79 Å². The van der Waals surface area contributed by atoms with Crippen molar-refractivity contribution in [3.63, 3.8) is 0 Å². The summed E-state index contributed by atoms with van der Waals surface area (Å²) in [5, 5.41) is 6.28. The van der Waals surface area contributed by atoms with Crippen LogP contribution >= 0.6 is 0 Å². The van der Waals surface area contributed by atoms with Crippen LogP contribution < -0.4 is 15.5 Å². The minimum absolute atomic E-state index is 0.118. The van der Waals surface area contributed by atoms with E-state index in [2.05, 4.69) is 59.5 Å². The van der Waals surface area contributed by atoms with E-state index < -0.39 is 0 Å². The Hall–Kier alpha value is -3.34. The molecule has 0 aliphatic rings. The van der Waals surface area contributed by atoms with Crippen LogP contribution in [0.15, 0.2) is 66.9 Å². The van der Waals surface area contributed by atoms with E-state index in [1.807, 2.05) is 30.3 Å². The number of benzene rings is 2. The highest BCUT2D eigenvalue weighted by atomic mass is 16.1. The molecule has 0 spiro atoms. The average Bonchev–Trinajstić information content (AvgIpc) is 2.75. The Kier molecular flexibility index (Phi) is 6.85. The van der Waals surface area contributed by atoms with Gasteiger partial charge in [0.05, 0.1) is 0 Å². The van der Waals surface area contributed by atoms with Crippen LogP contribution in [0.5, 0.6) is 0 Å². The Bertz CT molecular complexity index is 952. The number of hydrogen-bond donors (Lipinski definition) is 2. The van der Waals surface area contributed by atoms with Crippen LogP contribution in [-0.2, 0) is 6.54 Å². The van der Waals surface area contributed by atoms with Gasteiger partial charge in [0.2, 0.25) is 0 Å². The Labute approximate surface area is 172 Å². The molecule has 1 heterocycles. The molecule has 0 unspecified atom stereocenters. The van der Waals surface area contributed by atoms with Crippen LogP contribution in [0.3, 0.4) is 0 Å². The molecule has 0 fully saturated rings. The minimum Gasteiger partial charge on any atom is -0.372 e. The first-order valence-corrected chi connectivity index (χ1v) is 10.0. The number of hydrogen-bond acceptors (Lipinski definition) is 4. The molecule has 29 heavy (non-hydrogen) atoms. The van der Waals surface area contributed by atoms with E-state index in [-0.39, 0.29) is 5.91 Å². The minimum atomic E-state index is -0.118. The average molecular weight is 389 g/mol. The Morgan fingerprint density at radius 2 is 1.76 bits per heavy atom. The molecule has 1 amide bonds. The lowest BCUT2D eigenvalue weighted by Gasteiger charge is -2.22. The second kappa shape index (κ2) is 9.73. The predicted octanol–water partition coefficient (Wildman–Crippen LogP) is 4.91. The van der Waals surface area contributed by atoms with E-state index in [9.17, 15) is 4.79 Å². The van der Waals surface area contributed by atoms with Crippen molar-refractivity contribution in [1.82, 2.24) is 10.3 Å². The van der Waals surface area contributed by atoms with Crippen LogP contribution in [-0.4, -0.2) is 24.0 Å². The van der Waals surface area contributed by atoms with Gasteiger partial charge in [-0.2, -0.15) is 0 Å². The highest BCUT2D eigenvalue weighted by molar-refractivity contribution is 5.94. The van der Waals surface area contributed by atoms with E-state index in [0.717, 1.165) is 29.9 Å². The summed E-state index contributed by atoms with van der Waals surface area (Å²) in [5.41, 5.74) is 4.97. The van der Waals surface area contributed by atoms with Crippen molar-refractivity contribution >= 4 is 23.1 Å².